The molecule has 1 N–H and O–H groups in total. The number of carbonyl (C=O) groups excluding carboxylic acids is 2. The average Bonchev–Trinajstić information content (AvgIpc) is 3.24. The van der Waals surface area contributed by atoms with Crippen molar-refractivity contribution in [3.63, 3.8) is 0 Å². The second-order valence-corrected chi connectivity index (χ2v) is 8.39. The number of anilines is 1. The number of thioether (sulfide) groups is 1. The summed E-state index contributed by atoms with van der Waals surface area (Å²) in [6, 6.07) is 23.5. The Morgan fingerprint density at radius 2 is 1.66 bits per heavy atom. The van der Waals surface area contributed by atoms with E-state index in [-0.39, 0.29) is 17.6 Å². The Bertz CT molecular complexity index is 1240. The first-order chi connectivity index (χ1) is 15.5. The lowest BCUT2D eigenvalue weighted by Crippen LogP contribution is -2.17. The molecule has 0 radical (unpaired) electrons. The van der Waals surface area contributed by atoms with Gasteiger partial charge in [-0.3, -0.25) is 9.59 Å². The van der Waals surface area contributed by atoms with E-state index in [1.165, 1.54) is 4.68 Å². The molecule has 0 atom stereocenters. The van der Waals surface area contributed by atoms with E-state index in [4.69, 9.17) is 11.6 Å². The number of carbonyl (C=O) groups is 2. The highest BCUT2D eigenvalue weighted by Crippen LogP contribution is 2.23. The van der Waals surface area contributed by atoms with Crippen LogP contribution in [0.15, 0.2) is 84.0 Å². The molecule has 4 rings (SSSR count). The van der Waals surface area contributed by atoms with Crippen LogP contribution in [0.2, 0.25) is 5.02 Å². The molecule has 0 bridgehead atoms. The molecule has 6 nitrogen and oxygen atoms in total. The molecule has 4 aromatic rings. The Kier molecular flexibility index (Phi) is 6.68. The third-order valence-corrected chi connectivity index (χ3v) is 5.74. The fourth-order valence-corrected chi connectivity index (χ4v) is 3.77. The first-order valence-corrected chi connectivity index (χ1v) is 11.2. The van der Waals surface area contributed by atoms with E-state index in [0.717, 1.165) is 22.9 Å². The molecule has 160 valence electrons. The number of nitrogens with zero attached hydrogens (tertiary/aromatic N) is 3. The van der Waals surface area contributed by atoms with Crippen molar-refractivity contribution in [3.8, 4) is 11.4 Å². The topological polar surface area (TPSA) is 76.9 Å². The van der Waals surface area contributed by atoms with Gasteiger partial charge < -0.3 is 5.32 Å². The summed E-state index contributed by atoms with van der Waals surface area (Å²) >= 11 is 7.09. The zero-order chi connectivity index (χ0) is 22.5. The van der Waals surface area contributed by atoms with E-state index >= 15 is 0 Å². The lowest BCUT2D eigenvalue weighted by Gasteiger charge is -2.06. The van der Waals surface area contributed by atoms with Gasteiger partial charge in [0.1, 0.15) is 0 Å². The summed E-state index contributed by atoms with van der Waals surface area (Å²) in [6.45, 7) is 1.98. The molecule has 0 aliphatic carbocycles. The zero-order valence-electron chi connectivity index (χ0n) is 17.2. The van der Waals surface area contributed by atoms with Crippen LogP contribution < -0.4 is 5.32 Å². The minimum absolute atomic E-state index is 0.0781. The summed E-state index contributed by atoms with van der Waals surface area (Å²) in [5.74, 6) is -0.0601. The zero-order valence-corrected chi connectivity index (χ0v) is 18.7. The van der Waals surface area contributed by atoms with Crippen molar-refractivity contribution in [2.24, 2.45) is 0 Å². The predicted octanol–water partition coefficient (Wildman–Crippen LogP) is 5.33. The third-order valence-electron chi connectivity index (χ3n) is 4.56. The van der Waals surface area contributed by atoms with Crippen molar-refractivity contribution < 1.29 is 9.59 Å². The number of aryl methyl sites for hydroxylation is 1. The van der Waals surface area contributed by atoms with Crippen LogP contribution in [0.25, 0.3) is 11.4 Å². The summed E-state index contributed by atoms with van der Waals surface area (Å²) < 4.78 is 1.23. The molecule has 0 aliphatic heterocycles. The van der Waals surface area contributed by atoms with Gasteiger partial charge in [0.25, 0.3) is 5.91 Å². The highest BCUT2D eigenvalue weighted by Gasteiger charge is 2.20. The monoisotopic (exact) mass is 462 g/mol. The number of rotatable bonds is 6. The number of halogens is 1. The highest BCUT2D eigenvalue weighted by atomic mass is 35.5. The molecule has 8 heteroatoms. The fraction of sp³-hybridized carbons (Fsp3) is 0.0833. The van der Waals surface area contributed by atoms with Crippen LogP contribution in [-0.2, 0) is 4.79 Å². The van der Waals surface area contributed by atoms with Crippen molar-refractivity contribution in [2.75, 3.05) is 11.1 Å². The van der Waals surface area contributed by atoms with E-state index in [1.807, 2.05) is 61.5 Å². The number of nitrogens with one attached hydrogen (secondary N) is 1. The molecule has 0 aliphatic rings. The van der Waals surface area contributed by atoms with E-state index in [2.05, 4.69) is 15.4 Å². The quantitative estimate of drug-likeness (QED) is 0.392. The van der Waals surface area contributed by atoms with Crippen LogP contribution in [0.3, 0.4) is 0 Å². The third kappa shape index (κ3) is 5.25. The molecular weight excluding hydrogens is 444 g/mol. The molecule has 0 saturated heterocycles. The van der Waals surface area contributed by atoms with Gasteiger partial charge in [-0.25, -0.2) is 4.98 Å². The lowest BCUT2D eigenvalue weighted by atomic mass is 10.2. The second-order valence-electron chi connectivity index (χ2n) is 7.01. The Morgan fingerprint density at radius 1 is 0.969 bits per heavy atom. The molecule has 32 heavy (non-hydrogen) atoms. The van der Waals surface area contributed by atoms with Crippen LogP contribution in [-0.4, -0.2) is 32.3 Å². The summed E-state index contributed by atoms with van der Waals surface area (Å²) in [5, 5.41) is 8.14. The first-order valence-electron chi connectivity index (χ1n) is 9.82. The molecule has 0 spiro atoms. The van der Waals surface area contributed by atoms with Crippen molar-refractivity contribution >= 4 is 40.9 Å². The standard InChI is InChI=1S/C24H19ClN4O2S/c1-16-7-13-20(14-8-16)26-21(30)15-32-24-27-22(17-5-3-2-4-6-17)28-29(24)23(31)18-9-11-19(25)12-10-18/h2-14H,15H2,1H3,(H,26,30). The number of hydrogen-bond acceptors (Lipinski definition) is 5. The van der Waals surface area contributed by atoms with Crippen LogP contribution in [0.4, 0.5) is 5.69 Å². The average molecular weight is 463 g/mol. The molecule has 3 aromatic carbocycles. The van der Waals surface area contributed by atoms with E-state index in [9.17, 15) is 9.59 Å². The Balaban J connectivity index is 1.57. The Morgan fingerprint density at radius 3 is 2.34 bits per heavy atom. The summed E-state index contributed by atoms with van der Waals surface area (Å²) in [7, 11) is 0. The highest BCUT2D eigenvalue weighted by molar-refractivity contribution is 7.99. The fourth-order valence-electron chi connectivity index (χ4n) is 2.91. The maximum atomic E-state index is 13.1. The van der Waals surface area contributed by atoms with Crippen molar-refractivity contribution in [3.05, 3.63) is 95.0 Å². The van der Waals surface area contributed by atoms with Gasteiger partial charge in [-0.05, 0) is 43.3 Å². The van der Waals surface area contributed by atoms with Crippen molar-refractivity contribution in [1.29, 1.82) is 0 Å². The molecule has 1 heterocycles. The largest absolute Gasteiger partial charge is 0.325 e. The van der Waals surface area contributed by atoms with Gasteiger partial charge in [0.2, 0.25) is 5.91 Å². The minimum atomic E-state index is -0.349. The summed E-state index contributed by atoms with van der Waals surface area (Å²) in [5.41, 5.74) is 3.02. The summed E-state index contributed by atoms with van der Waals surface area (Å²) in [4.78, 5) is 30.1. The Hall–Kier alpha value is -3.42. The second kappa shape index (κ2) is 9.80. The van der Waals surface area contributed by atoms with Gasteiger partial charge in [0.15, 0.2) is 11.0 Å². The minimum Gasteiger partial charge on any atom is -0.325 e. The van der Waals surface area contributed by atoms with E-state index in [1.54, 1.807) is 24.3 Å². The van der Waals surface area contributed by atoms with Crippen LogP contribution in [0, 0.1) is 6.92 Å². The number of hydrogen-bond donors (Lipinski definition) is 1. The maximum Gasteiger partial charge on any atom is 0.280 e. The van der Waals surface area contributed by atoms with Gasteiger partial charge in [-0.1, -0.05) is 71.4 Å². The molecule has 0 fully saturated rings. The van der Waals surface area contributed by atoms with Crippen LogP contribution in [0.5, 0.6) is 0 Å². The molecule has 1 amide bonds. The summed E-state index contributed by atoms with van der Waals surface area (Å²) in [6.07, 6.45) is 0. The van der Waals surface area contributed by atoms with Crippen LogP contribution >= 0.6 is 23.4 Å². The lowest BCUT2D eigenvalue weighted by molar-refractivity contribution is -0.113. The first kappa shape index (κ1) is 21.8. The van der Waals surface area contributed by atoms with Gasteiger partial charge in [0, 0.05) is 21.8 Å². The Labute approximate surface area is 194 Å². The van der Waals surface area contributed by atoms with Gasteiger partial charge in [-0.15, -0.1) is 5.10 Å². The molecular formula is C24H19ClN4O2S. The number of amides is 1. The molecule has 0 saturated carbocycles. The van der Waals surface area contributed by atoms with Gasteiger partial charge >= 0.3 is 0 Å². The predicted molar refractivity (Wildman–Crippen MR) is 127 cm³/mol. The smallest absolute Gasteiger partial charge is 0.280 e. The molecule has 1 aromatic heterocycles. The number of benzene rings is 3. The van der Waals surface area contributed by atoms with Gasteiger partial charge in [0.05, 0.1) is 5.75 Å². The normalized spacial score (nSPS) is 10.7. The van der Waals surface area contributed by atoms with Crippen molar-refractivity contribution in [2.45, 2.75) is 12.1 Å². The van der Waals surface area contributed by atoms with E-state index in [0.29, 0.717) is 27.3 Å². The van der Waals surface area contributed by atoms with E-state index < -0.39 is 0 Å². The SMILES string of the molecule is Cc1ccc(NC(=O)CSc2nc(-c3ccccc3)nn2C(=O)c2ccc(Cl)cc2)cc1. The van der Waals surface area contributed by atoms with Crippen LogP contribution in [0.1, 0.15) is 15.9 Å². The molecule has 0 unspecified atom stereocenters. The van der Waals surface area contributed by atoms with Gasteiger partial charge in [-0.2, -0.15) is 4.68 Å². The van der Waals surface area contributed by atoms with Crippen molar-refractivity contribution in [1.82, 2.24) is 14.8 Å². The maximum absolute atomic E-state index is 13.1. The number of aromatic nitrogens is 3.